The second kappa shape index (κ2) is 9.04. The molecule has 1 N–H and O–H groups in total. The van der Waals surface area contributed by atoms with Crippen LogP contribution in [0.5, 0.6) is 0 Å². The van der Waals surface area contributed by atoms with E-state index in [0.717, 1.165) is 13.0 Å². The van der Waals surface area contributed by atoms with E-state index in [1.54, 1.807) is 24.3 Å². The van der Waals surface area contributed by atoms with E-state index < -0.39 is 0 Å². The smallest absolute Gasteiger partial charge is 0.253 e. The summed E-state index contributed by atoms with van der Waals surface area (Å²) >= 11 is 5.95. The van der Waals surface area contributed by atoms with E-state index in [9.17, 15) is 9.59 Å². The Morgan fingerprint density at radius 1 is 1.29 bits per heavy atom. The molecule has 1 aromatic carbocycles. The van der Waals surface area contributed by atoms with Gasteiger partial charge in [0, 0.05) is 36.1 Å². The molecule has 2 rings (SSSR count). The number of amides is 2. The molecule has 2 amide bonds. The number of piperidine rings is 1. The van der Waals surface area contributed by atoms with Crippen LogP contribution in [-0.2, 0) is 4.79 Å². The van der Waals surface area contributed by atoms with Crippen molar-refractivity contribution < 1.29 is 9.59 Å². The maximum Gasteiger partial charge on any atom is 0.253 e. The summed E-state index contributed by atoms with van der Waals surface area (Å²) in [5, 5.41) is 3.57. The van der Waals surface area contributed by atoms with Gasteiger partial charge in [0.05, 0.1) is 0 Å². The second-order valence-electron chi connectivity index (χ2n) is 6.52. The number of benzene rings is 1. The SMILES string of the molecule is CN(C)CCCNC(=O)C1CCN(C(=O)c2cccc(Cl)c2)CC1. The van der Waals surface area contributed by atoms with E-state index in [1.165, 1.54) is 0 Å². The van der Waals surface area contributed by atoms with Gasteiger partial charge in [-0.1, -0.05) is 17.7 Å². The third kappa shape index (κ3) is 5.49. The van der Waals surface area contributed by atoms with Crippen molar-refractivity contribution in [2.75, 3.05) is 40.3 Å². The molecule has 24 heavy (non-hydrogen) atoms. The molecule has 0 radical (unpaired) electrons. The molecule has 0 saturated carbocycles. The summed E-state index contributed by atoms with van der Waals surface area (Å²) in [6.45, 7) is 2.90. The number of nitrogens with zero attached hydrogens (tertiary/aromatic N) is 2. The summed E-state index contributed by atoms with van der Waals surface area (Å²) in [6.07, 6.45) is 2.38. The van der Waals surface area contributed by atoms with Crippen molar-refractivity contribution in [1.29, 1.82) is 0 Å². The molecule has 0 atom stereocenters. The van der Waals surface area contributed by atoms with E-state index in [-0.39, 0.29) is 17.7 Å². The van der Waals surface area contributed by atoms with Crippen molar-refractivity contribution in [3.05, 3.63) is 34.9 Å². The molecule has 6 heteroatoms. The highest BCUT2D eigenvalue weighted by Gasteiger charge is 2.27. The summed E-state index contributed by atoms with van der Waals surface area (Å²) < 4.78 is 0. The summed E-state index contributed by atoms with van der Waals surface area (Å²) in [5.41, 5.74) is 0.606. The lowest BCUT2D eigenvalue weighted by atomic mass is 9.95. The molecular formula is C18H26ClN3O2. The molecule has 132 valence electrons. The Bertz CT molecular complexity index is 569. The molecule has 0 unspecified atom stereocenters. The number of hydrogen-bond donors (Lipinski definition) is 1. The van der Waals surface area contributed by atoms with Crippen molar-refractivity contribution in [3.63, 3.8) is 0 Å². The second-order valence-corrected chi connectivity index (χ2v) is 6.96. The van der Waals surface area contributed by atoms with Crippen LogP contribution in [-0.4, -0.2) is 61.9 Å². The first kappa shape index (κ1) is 18.7. The van der Waals surface area contributed by atoms with Crippen LogP contribution in [0.2, 0.25) is 5.02 Å². The Morgan fingerprint density at radius 3 is 2.62 bits per heavy atom. The molecule has 1 aromatic rings. The van der Waals surface area contributed by atoms with Crippen molar-refractivity contribution in [2.45, 2.75) is 19.3 Å². The number of rotatable bonds is 6. The van der Waals surface area contributed by atoms with Gasteiger partial charge < -0.3 is 15.1 Å². The van der Waals surface area contributed by atoms with Gasteiger partial charge in [0.1, 0.15) is 0 Å². The van der Waals surface area contributed by atoms with Gasteiger partial charge in [-0.15, -0.1) is 0 Å². The summed E-state index contributed by atoms with van der Waals surface area (Å²) in [4.78, 5) is 28.6. The van der Waals surface area contributed by atoms with Gasteiger partial charge in [-0.3, -0.25) is 9.59 Å². The fourth-order valence-electron chi connectivity index (χ4n) is 2.90. The Balaban J connectivity index is 1.76. The van der Waals surface area contributed by atoms with Crippen LogP contribution in [0.4, 0.5) is 0 Å². The lowest BCUT2D eigenvalue weighted by Gasteiger charge is -2.31. The zero-order valence-electron chi connectivity index (χ0n) is 14.4. The van der Waals surface area contributed by atoms with E-state index in [2.05, 4.69) is 10.2 Å². The minimum absolute atomic E-state index is 0.00719. The van der Waals surface area contributed by atoms with Crippen LogP contribution in [0.15, 0.2) is 24.3 Å². The molecular weight excluding hydrogens is 326 g/mol. The zero-order valence-corrected chi connectivity index (χ0v) is 15.2. The Kier molecular flexibility index (Phi) is 7.06. The average molecular weight is 352 g/mol. The largest absolute Gasteiger partial charge is 0.356 e. The molecule has 0 bridgehead atoms. The summed E-state index contributed by atoms with van der Waals surface area (Å²) in [5.74, 6) is 0.110. The first-order chi connectivity index (χ1) is 11.5. The number of likely N-dealkylation sites (tertiary alicyclic amines) is 1. The van der Waals surface area contributed by atoms with Gasteiger partial charge in [0.2, 0.25) is 5.91 Å². The minimum atomic E-state index is -0.0117. The molecule has 0 aliphatic carbocycles. The van der Waals surface area contributed by atoms with Crippen LogP contribution >= 0.6 is 11.6 Å². The Labute approximate surface area is 149 Å². The van der Waals surface area contributed by atoms with E-state index in [4.69, 9.17) is 11.6 Å². The van der Waals surface area contributed by atoms with E-state index >= 15 is 0 Å². The normalized spacial score (nSPS) is 15.6. The van der Waals surface area contributed by atoms with Gasteiger partial charge in [-0.2, -0.15) is 0 Å². The lowest BCUT2D eigenvalue weighted by Crippen LogP contribution is -2.43. The zero-order chi connectivity index (χ0) is 17.5. The van der Waals surface area contributed by atoms with Gasteiger partial charge in [0.25, 0.3) is 5.91 Å². The average Bonchev–Trinajstić information content (AvgIpc) is 2.58. The van der Waals surface area contributed by atoms with Crippen LogP contribution in [0, 0.1) is 5.92 Å². The van der Waals surface area contributed by atoms with Gasteiger partial charge in [-0.05, 0) is 58.1 Å². The first-order valence-electron chi connectivity index (χ1n) is 8.44. The van der Waals surface area contributed by atoms with Crippen LogP contribution in [0.1, 0.15) is 29.6 Å². The Hall–Kier alpha value is -1.59. The number of hydrogen-bond acceptors (Lipinski definition) is 3. The maximum absolute atomic E-state index is 12.5. The number of nitrogens with one attached hydrogen (secondary N) is 1. The fourth-order valence-corrected chi connectivity index (χ4v) is 3.09. The Morgan fingerprint density at radius 2 is 2.00 bits per heavy atom. The van der Waals surface area contributed by atoms with Crippen LogP contribution < -0.4 is 5.32 Å². The lowest BCUT2D eigenvalue weighted by molar-refractivity contribution is -0.126. The van der Waals surface area contributed by atoms with E-state index in [0.29, 0.717) is 43.1 Å². The van der Waals surface area contributed by atoms with Gasteiger partial charge in [0.15, 0.2) is 0 Å². The topological polar surface area (TPSA) is 52.7 Å². The summed E-state index contributed by atoms with van der Waals surface area (Å²) in [6, 6.07) is 7.00. The molecule has 1 heterocycles. The number of carbonyl (C=O) groups excluding carboxylic acids is 2. The van der Waals surface area contributed by atoms with Gasteiger partial charge >= 0.3 is 0 Å². The number of carbonyl (C=O) groups is 2. The van der Waals surface area contributed by atoms with E-state index in [1.807, 2.05) is 19.0 Å². The quantitative estimate of drug-likeness (QED) is 0.800. The van der Waals surface area contributed by atoms with Gasteiger partial charge in [-0.25, -0.2) is 0 Å². The third-order valence-electron chi connectivity index (χ3n) is 4.31. The van der Waals surface area contributed by atoms with Crippen LogP contribution in [0.25, 0.3) is 0 Å². The summed E-state index contributed by atoms with van der Waals surface area (Å²) in [7, 11) is 4.04. The molecule has 5 nitrogen and oxygen atoms in total. The highest BCUT2D eigenvalue weighted by Crippen LogP contribution is 2.20. The number of halogens is 1. The molecule has 0 aromatic heterocycles. The predicted molar refractivity (Wildman–Crippen MR) is 96.3 cm³/mol. The van der Waals surface area contributed by atoms with Crippen molar-refractivity contribution in [2.24, 2.45) is 5.92 Å². The van der Waals surface area contributed by atoms with Crippen molar-refractivity contribution >= 4 is 23.4 Å². The van der Waals surface area contributed by atoms with Crippen molar-refractivity contribution in [1.82, 2.24) is 15.1 Å². The standard InChI is InChI=1S/C18H26ClN3O2/c1-21(2)10-4-9-20-17(23)14-7-11-22(12-8-14)18(24)15-5-3-6-16(19)13-15/h3,5-6,13-14H,4,7-12H2,1-2H3,(H,20,23). The first-order valence-corrected chi connectivity index (χ1v) is 8.82. The van der Waals surface area contributed by atoms with Crippen LogP contribution in [0.3, 0.4) is 0 Å². The molecule has 1 saturated heterocycles. The third-order valence-corrected chi connectivity index (χ3v) is 4.54. The predicted octanol–water partition coefficient (Wildman–Crippen LogP) is 2.26. The molecule has 0 spiro atoms. The molecule has 1 fully saturated rings. The highest BCUT2D eigenvalue weighted by molar-refractivity contribution is 6.30. The maximum atomic E-state index is 12.5. The minimum Gasteiger partial charge on any atom is -0.356 e. The fraction of sp³-hybridized carbons (Fsp3) is 0.556. The monoisotopic (exact) mass is 351 g/mol. The molecule has 1 aliphatic rings. The highest BCUT2D eigenvalue weighted by atomic mass is 35.5. The molecule has 1 aliphatic heterocycles. The van der Waals surface area contributed by atoms with Crippen molar-refractivity contribution in [3.8, 4) is 0 Å².